The maximum absolute atomic E-state index is 2.65. The van der Waals surface area contributed by atoms with Crippen LogP contribution in [0.3, 0.4) is 0 Å². The summed E-state index contributed by atoms with van der Waals surface area (Å²) in [6.45, 7) is 15.0. The summed E-state index contributed by atoms with van der Waals surface area (Å²) in [7, 11) is 0. The van der Waals surface area contributed by atoms with E-state index in [1.165, 1.54) is 44.9 Å². The molecule has 0 bridgehead atoms. The van der Waals surface area contributed by atoms with Gasteiger partial charge < -0.3 is 0 Å². The van der Waals surface area contributed by atoms with E-state index < -0.39 is 0 Å². The van der Waals surface area contributed by atoms with Crippen LogP contribution in [0.1, 0.15) is 86.5 Å². The predicted octanol–water partition coefficient (Wildman–Crippen LogP) is 6.55. The lowest BCUT2D eigenvalue weighted by atomic mass is 9.55. The van der Waals surface area contributed by atoms with E-state index in [4.69, 9.17) is 0 Å². The lowest BCUT2D eigenvalue weighted by molar-refractivity contribution is -0.00491. The summed E-state index contributed by atoms with van der Waals surface area (Å²) in [5, 5.41) is 0. The van der Waals surface area contributed by atoms with Crippen molar-refractivity contribution in [2.75, 3.05) is 0 Å². The van der Waals surface area contributed by atoms with Crippen LogP contribution in [0.25, 0.3) is 0 Å². The maximum atomic E-state index is 2.65. The molecule has 0 heterocycles. The third-order valence-corrected chi connectivity index (χ3v) is 7.82. The molecule has 20 heavy (non-hydrogen) atoms. The molecule has 0 heteroatoms. The second-order valence-electron chi connectivity index (χ2n) is 8.79. The minimum Gasteiger partial charge on any atom is -0.0648 e. The van der Waals surface area contributed by atoms with E-state index in [0.29, 0.717) is 5.41 Å². The first-order valence-corrected chi connectivity index (χ1v) is 9.38. The zero-order valence-corrected chi connectivity index (χ0v) is 14.9. The van der Waals surface area contributed by atoms with Crippen molar-refractivity contribution in [1.29, 1.82) is 0 Å². The van der Waals surface area contributed by atoms with Gasteiger partial charge in [-0.1, -0.05) is 60.8 Å². The predicted molar refractivity (Wildman–Crippen MR) is 89.7 cm³/mol. The van der Waals surface area contributed by atoms with Crippen LogP contribution in [0.2, 0.25) is 0 Å². The van der Waals surface area contributed by atoms with Crippen LogP contribution in [0.4, 0.5) is 0 Å². The summed E-state index contributed by atoms with van der Waals surface area (Å²) in [4.78, 5) is 0. The number of rotatable bonds is 3. The van der Waals surface area contributed by atoms with Crippen LogP contribution in [0, 0.1) is 40.9 Å². The first-order valence-electron chi connectivity index (χ1n) is 9.38. The standard InChI is InChI=1S/C20H38/c1-7-20(6,18-10-8-14(2)16(4)12-18)19-11-9-15(3)17(5)13-19/h14-19H,7-13H2,1-6H3. The molecule has 0 spiro atoms. The van der Waals surface area contributed by atoms with Gasteiger partial charge >= 0.3 is 0 Å². The van der Waals surface area contributed by atoms with Gasteiger partial charge in [-0.2, -0.15) is 0 Å². The van der Waals surface area contributed by atoms with E-state index in [1.807, 2.05) is 0 Å². The molecule has 0 radical (unpaired) electrons. The Morgan fingerprint density at radius 1 is 0.700 bits per heavy atom. The molecule has 0 aliphatic heterocycles. The van der Waals surface area contributed by atoms with Crippen molar-refractivity contribution in [3.8, 4) is 0 Å². The minimum absolute atomic E-state index is 0.614. The monoisotopic (exact) mass is 278 g/mol. The summed E-state index contributed by atoms with van der Waals surface area (Å²) in [6, 6.07) is 0. The van der Waals surface area contributed by atoms with Crippen LogP contribution in [-0.2, 0) is 0 Å². The summed E-state index contributed by atoms with van der Waals surface area (Å²) in [5.74, 6) is 5.78. The van der Waals surface area contributed by atoms with Gasteiger partial charge in [0.1, 0.15) is 0 Å². The van der Waals surface area contributed by atoms with Crippen molar-refractivity contribution in [3.05, 3.63) is 0 Å². The molecule has 2 aliphatic carbocycles. The molecule has 6 unspecified atom stereocenters. The second kappa shape index (κ2) is 6.41. The van der Waals surface area contributed by atoms with Gasteiger partial charge in [0.2, 0.25) is 0 Å². The summed E-state index contributed by atoms with van der Waals surface area (Å²) in [5.41, 5.74) is 0.614. The van der Waals surface area contributed by atoms with E-state index in [0.717, 1.165) is 35.5 Å². The van der Waals surface area contributed by atoms with Gasteiger partial charge in [0.05, 0.1) is 0 Å². The van der Waals surface area contributed by atoms with Gasteiger partial charge in [-0.3, -0.25) is 0 Å². The number of hydrogen-bond acceptors (Lipinski definition) is 0. The van der Waals surface area contributed by atoms with E-state index >= 15 is 0 Å². The fourth-order valence-corrected chi connectivity index (χ4v) is 5.20. The molecule has 0 aromatic rings. The Bertz CT molecular complexity index is 279. The van der Waals surface area contributed by atoms with Crippen LogP contribution in [-0.4, -0.2) is 0 Å². The van der Waals surface area contributed by atoms with Gasteiger partial charge in [0, 0.05) is 0 Å². The van der Waals surface area contributed by atoms with Crippen molar-refractivity contribution < 1.29 is 0 Å². The number of hydrogen-bond donors (Lipinski definition) is 0. The first-order chi connectivity index (χ1) is 9.38. The highest BCUT2D eigenvalue weighted by molar-refractivity contribution is 4.94. The first kappa shape index (κ1) is 16.4. The molecule has 0 N–H and O–H groups in total. The quantitative estimate of drug-likeness (QED) is 0.549. The smallest absolute Gasteiger partial charge is 0.0272 e. The molecule has 2 aliphatic rings. The fourth-order valence-electron chi connectivity index (χ4n) is 5.20. The van der Waals surface area contributed by atoms with Crippen molar-refractivity contribution in [1.82, 2.24) is 0 Å². The molecule has 0 saturated heterocycles. The molecule has 2 fully saturated rings. The van der Waals surface area contributed by atoms with Crippen LogP contribution in [0.15, 0.2) is 0 Å². The summed E-state index contributed by atoms with van der Waals surface area (Å²) in [6.07, 6.45) is 10.3. The van der Waals surface area contributed by atoms with Gasteiger partial charge in [0.15, 0.2) is 0 Å². The van der Waals surface area contributed by atoms with E-state index in [9.17, 15) is 0 Å². The molecule has 0 aromatic heterocycles. The van der Waals surface area contributed by atoms with Crippen molar-refractivity contribution in [2.24, 2.45) is 40.9 Å². The Morgan fingerprint density at radius 2 is 1.10 bits per heavy atom. The van der Waals surface area contributed by atoms with Crippen LogP contribution < -0.4 is 0 Å². The molecule has 118 valence electrons. The van der Waals surface area contributed by atoms with Gasteiger partial charge in [-0.05, 0) is 66.6 Å². The highest BCUT2D eigenvalue weighted by Crippen LogP contribution is 2.53. The van der Waals surface area contributed by atoms with Crippen LogP contribution in [0.5, 0.6) is 0 Å². The second-order valence-corrected chi connectivity index (χ2v) is 8.79. The lowest BCUT2D eigenvalue weighted by Crippen LogP contribution is -2.41. The molecule has 2 rings (SSSR count). The summed E-state index contributed by atoms with van der Waals surface area (Å²) >= 11 is 0. The van der Waals surface area contributed by atoms with Crippen molar-refractivity contribution in [3.63, 3.8) is 0 Å². The Balaban J connectivity index is 2.08. The largest absolute Gasteiger partial charge is 0.0648 e. The van der Waals surface area contributed by atoms with Gasteiger partial charge in [0.25, 0.3) is 0 Å². The molecular formula is C20H38. The Morgan fingerprint density at radius 3 is 1.40 bits per heavy atom. The lowest BCUT2D eigenvalue weighted by Gasteiger charge is -2.50. The summed E-state index contributed by atoms with van der Waals surface area (Å²) < 4.78 is 0. The minimum atomic E-state index is 0.614. The van der Waals surface area contributed by atoms with E-state index in [1.54, 1.807) is 0 Å². The van der Waals surface area contributed by atoms with Crippen molar-refractivity contribution >= 4 is 0 Å². The zero-order chi connectivity index (χ0) is 14.9. The Kier molecular flexibility index (Phi) is 5.24. The molecule has 0 amide bonds. The van der Waals surface area contributed by atoms with Crippen LogP contribution >= 0.6 is 0 Å². The SMILES string of the molecule is CCC(C)(C1CCC(C)C(C)C1)C1CCC(C)C(C)C1. The molecule has 6 atom stereocenters. The molecular weight excluding hydrogens is 240 g/mol. The highest BCUT2D eigenvalue weighted by Gasteiger charge is 2.44. The van der Waals surface area contributed by atoms with Gasteiger partial charge in [-0.25, -0.2) is 0 Å². The Labute approximate surface area is 128 Å². The average molecular weight is 279 g/mol. The molecule has 2 saturated carbocycles. The average Bonchev–Trinajstić information content (AvgIpc) is 2.44. The fraction of sp³-hybridized carbons (Fsp3) is 1.00. The Hall–Kier alpha value is 0. The third kappa shape index (κ3) is 3.09. The zero-order valence-electron chi connectivity index (χ0n) is 14.9. The van der Waals surface area contributed by atoms with Gasteiger partial charge in [-0.15, -0.1) is 0 Å². The normalized spacial score (nSPS) is 45.9. The third-order valence-electron chi connectivity index (χ3n) is 7.82. The van der Waals surface area contributed by atoms with E-state index in [-0.39, 0.29) is 0 Å². The topological polar surface area (TPSA) is 0 Å². The van der Waals surface area contributed by atoms with E-state index in [2.05, 4.69) is 41.5 Å². The van der Waals surface area contributed by atoms with Crippen molar-refractivity contribution in [2.45, 2.75) is 86.5 Å². The molecule has 0 aromatic carbocycles. The molecule has 0 nitrogen and oxygen atoms in total. The maximum Gasteiger partial charge on any atom is -0.0272 e. The highest BCUT2D eigenvalue weighted by atomic mass is 14.5.